The van der Waals surface area contributed by atoms with Crippen LogP contribution < -0.4 is 10.1 Å². The van der Waals surface area contributed by atoms with Crippen molar-refractivity contribution in [3.63, 3.8) is 0 Å². The van der Waals surface area contributed by atoms with Gasteiger partial charge in [-0.2, -0.15) is 0 Å². The second-order valence-electron chi connectivity index (χ2n) is 4.26. The molecule has 1 N–H and O–H groups in total. The molecule has 1 aromatic heterocycles. The van der Waals surface area contributed by atoms with E-state index in [4.69, 9.17) is 4.74 Å². The molecule has 0 bridgehead atoms. The number of aromatic nitrogens is 1. The molecule has 0 aliphatic rings. The first-order valence-corrected chi connectivity index (χ1v) is 6.94. The maximum Gasteiger partial charge on any atom is 0.119 e. The number of ether oxygens (including phenoxy) is 1. The Kier molecular flexibility index (Phi) is 4.73. The summed E-state index contributed by atoms with van der Waals surface area (Å²) in [5.41, 5.74) is 1.10. The van der Waals surface area contributed by atoms with Gasteiger partial charge >= 0.3 is 0 Å². The van der Waals surface area contributed by atoms with E-state index < -0.39 is 0 Å². The molecule has 1 aromatic carbocycles. The van der Waals surface area contributed by atoms with E-state index in [9.17, 15) is 0 Å². The zero-order valence-electron chi connectivity index (χ0n) is 10.7. The number of rotatable bonds is 6. The van der Waals surface area contributed by atoms with E-state index in [1.54, 1.807) is 11.3 Å². The molecule has 0 radical (unpaired) electrons. The van der Waals surface area contributed by atoms with E-state index >= 15 is 0 Å². The van der Waals surface area contributed by atoms with E-state index in [1.165, 1.54) is 0 Å². The van der Waals surface area contributed by atoms with Crippen LogP contribution in [-0.2, 0) is 6.54 Å². The number of hydrogen-bond acceptors (Lipinski definition) is 4. The number of nitrogens with one attached hydrogen (secondary N) is 1. The predicted octanol–water partition coefficient (Wildman–Crippen LogP) is 3.01. The summed E-state index contributed by atoms with van der Waals surface area (Å²) in [5.74, 6) is 0.913. The molecule has 0 aliphatic carbocycles. The van der Waals surface area contributed by atoms with Crippen molar-refractivity contribution >= 4 is 11.3 Å². The van der Waals surface area contributed by atoms with Crippen LogP contribution in [0.1, 0.15) is 17.6 Å². The van der Waals surface area contributed by atoms with E-state index in [0.29, 0.717) is 12.6 Å². The molecule has 0 saturated carbocycles. The SMILES string of the molecule is Cc1nc(CN[C@H](C)COc2ccccc2)cs1. The summed E-state index contributed by atoms with van der Waals surface area (Å²) in [6.45, 7) is 5.59. The molecule has 1 atom stereocenters. The molecule has 4 heteroatoms. The van der Waals surface area contributed by atoms with Crippen LogP contribution in [0.5, 0.6) is 5.75 Å². The Hall–Kier alpha value is -1.39. The van der Waals surface area contributed by atoms with Crippen LogP contribution in [0.15, 0.2) is 35.7 Å². The minimum atomic E-state index is 0.298. The van der Waals surface area contributed by atoms with Gasteiger partial charge in [0.1, 0.15) is 12.4 Å². The van der Waals surface area contributed by atoms with Crippen molar-refractivity contribution < 1.29 is 4.74 Å². The van der Waals surface area contributed by atoms with Crippen molar-refractivity contribution in [3.05, 3.63) is 46.4 Å². The predicted molar refractivity (Wildman–Crippen MR) is 75.1 cm³/mol. The van der Waals surface area contributed by atoms with Crippen molar-refractivity contribution in [1.29, 1.82) is 0 Å². The van der Waals surface area contributed by atoms with Gasteiger partial charge < -0.3 is 10.1 Å². The number of benzene rings is 1. The summed E-state index contributed by atoms with van der Waals surface area (Å²) in [7, 11) is 0. The van der Waals surface area contributed by atoms with Gasteiger partial charge in [0.25, 0.3) is 0 Å². The first-order valence-electron chi connectivity index (χ1n) is 6.06. The van der Waals surface area contributed by atoms with Crippen molar-refractivity contribution in [2.45, 2.75) is 26.4 Å². The minimum absolute atomic E-state index is 0.298. The summed E-state index contributed by atoms with van der Waals surface area (Å²) >= 11 is 1.68. The number of aryl methyl sites for hydroxylation is 1. The second kappa shape index (κ2) is 6.52. The summed E-state index contributed by atoms with van der Waals surface area (Å²) in [6, 6.07) is 10.2. The van der Waals surface area contributed by atoms with Crippen LogP contribution in [0.4, 0.5) is 0 Å². The molecule has 0 amide bonds. The quantitative estimate of drug-likeness (QED) is 0.869. The monoisotopic (exact) mass is 262 g/mol. The van der Waals surface area contributed by atoms with Crippen molar-refractivity contribution in [2.24, 2.45) is 0 Å². The van der Waals surface area contributed by atoms with Gasteiger partial charge in [-0.15, -0.1) is 11.3 Å². The molecule has 96 valence electrons. The Bertz CT molecular complexity index is 470. The van der Waals surface area contributed by atoms with Crippen LogP contribution in [0, 0.1) is 6.92 Å². The molecule has 0 unspecified atom stereocenters. The van der Waals surface area contributed by atoms with Gasteiger partial charge in [-0.25, -0.2) is 4.98 Å². The molecule has 3 nitrogen and oxygen atoms in total. The maximum atomic E-state index is 5.68. The fourth-order valence-electron chi connectivity index (χ4n) is 1.57. The molecule has 0 saturated heterocycles. The molecular weight excluding hydrogens is 244 g/mol. The largest absolute Gasteiger partial charge is 0.492 e. The molecule has 0 aliphatic heterocycles. The first kappa shape index (κ1) is 13.1. The number of hydrogen-bond donors (Lipinski definition) is 1. The molecule has 1 heterocycles. The first-order chi connectivity index (χ1) is 8.74. The van der Waals surface area contributed by atoms with E-state index in [1.807, 2.05) is 37.3 Å². The average molecular weight is 262 g/mol. The van der Waals surface area contributed by atoms with Gasteiger partial charge in [0.15, 0.2) is 0 Å². The highest BCUT2D eigenvalue weighted by Crippen LogP contribution is 2.09. The standard InChI is InChI=1S/C14H18N2OS/c1-11(9-17-14-6-4-3-5-7-14)15-8-13-10-18-12(2)16-13/h3-7,10-11,15H,8-9H2,1-2H3/t11-/m1/s1. The smallest absolute Gasteiger partial charge is 0.119 e. The highest BCUT2D eigenvalue weighted by molar-refractivity contribution is 7.09. The van der Waals surface area contributed by atoms with Crippen LogP contribution in [0.2, 0.25) is 0 Å². The number of nitrogens with zero attached hydrogens (tertiary/aromatic N) is 1. The van der Waals surface area contributed by atoms with Gasteiger partial charge in [-0.1, -0.05) is 18.2 Å². The number of thiazole rings is 1. The maximum absolute atomic E-state index is 5.68. The molecular formula is C14H18N2OS. The Balaban J connectivity index is 1.71. The van der Waals surface area contributed by atoms with Gasteiger partial charge in [0, 0.05) is 18.0 Å². The van der Waals surface area contributed by atoms with Crippen LogP contribution >= 0.6 is 11.3 Å². The molecule has 0 spiro atoms. The Morgan fingerprint density at radius 2 is 2.11 bits per heavy atom. The normalized spacial score (nSPS) is 12.3. The zero-order valence-corrected chi connectivity index (χ0v) is 11.5. The van der Waals surface area contributed by atoms with Crippen molar-refractivity contribution in [1.82, 2.24) is 10.3 Å². The molecule has 18 heavy (non-hydrogen) atoms. The van der Waals surface area contributed by atoms with Crippen LogP contribution in [0.3, 0.4) is 0 Å². The summed E-state index contributed by atoms with van der Waals surface area (Å²) in [5, 5.41) is 6.60. The lowest BCUT2D eigenvalue weighted by molar-refractivity contribution is 0.272. The Morgan fingerprint density at radius 1 is 1.33 bits per heavy atom. The fourth-order valence-corrected chi connectivity index (χ4v) is 2.18. The summed E-state index contributed by atoms with van der Waals surface area (Å²) in [6.07, 6.45) is 0. The Morgan fingerprint density at radius 3 is 2.78 bits per heavy atom. The minimum Gasteiger partial charge on any atom is -0.492 e. The van der Waals surface area contributed by atoms with E-state index in [-0.39, 0.29) is 0 Å². The van der Waals surface area contributed by atoms with Gasteiger partial charge in [-0.3, -0.25) is 0 Å². The highest BCUT2D eigenvalue weighted by atomic mass is 32.1. The van der Waals surface area contributed by atoms with Crippen molar-refractivity contribution in [3.8, 4) is 5.75 Å². The summed E-state index contributed by atoms with van der Waals surface area (Å²) < 4.78 is 5.68. The fraction of sp³-hybridized carbons (Fsp3) is 0.357. The lowest BCUT2D eigenvalue weighted by Gasteiger charge is -2.14. The molecule has 2 aromatic rings. The topological polar surface area (TPSA) is 34.2 Å². The third-order valence-electron chi connectivity index (χ3n) is 2.54. The third kappa shape index (κ3) is 4.13. The van der Waals surface area contributed by atoms with Gasteiger partial charge in [0.05, 0.1) is 10.7 Å². The third-order valence-corrected chi connectivity index (χ3v) is 3.36. The van der Waals surface area contributed by atoms with E-state index in [0.717, 1.165) is 23.0 Å². The van der Waals surface area contributed by atoms with Crippen LogP contribution in [0.25, 0.3) is 0 Å². The lowest BCUT2D eigenvalue weighted by atomic mass is 10.3. The molecule has 2 rings (SSSR count). The highest BCUT2D eigenvalue weighted by Gasteiger charge is 2.04. The summed E-state index contributed by atoms with van der Waals surface area (Å²) in [4.78, 5) is 4.42. The number of para-hydroxylation sites is 1. The van der Waals surface area contributed by atoms with E-state index in [2.05, 4.69) is 22.6 Å². The van der Waals surface area contributed by atoms with Gasteiger partial charge in [0.2, 0.25) is 0 Å². The Labute approximate surface area is 112 Å². The average Bonchev–Trinajstić information content (AvgIpc) is 2.81. The van der Waals surface area contributed by atoms with Crippen molar-refractivity contribution in [2.75, 3.05) is 6.61 Å². The zero-order chi connectivity index (χ0) is 12.8. The lowest BCUT2D eigenvalue weighted by Crippen LogP contribution is -2.31. The molecule has 0 fully saturated rings. The second-order valence-corrected chi connectivity index (χ2v) is 5.33. The van der Waals surface area contributed by atoms with Crippen LogP contribution in [-0.4, -0.2) is 17.6 Å². The van der Waals surface area contributed by atoms with Gasteiger partial charge in [-0.05, 0) is 26.0 Å².